The molecule has 1 aromatic rings. The Hall–Kier alpha value is -1.35. The lowest BCUT2D eigenvalue weighted by Crippen LogP contribution is -2.52. The third kappa shape index (κ3) is 1.96. The normalized spacial score (nSPS) is 21.4. The van der Waals surface area contributed by atoms with E-state index in [9.17, 15) is 4.79 Å². The first-order valence-electron chi connectivity index (χ1n) is 7.23. The van der Waals surface area contributed by atoms with Gasteiger partial charge in [0.05, 0.1) is 0 Å². The van der Waals surface area contributed by atoms with E-state index >= 15 is 0 Å². The van der Waals surface area contributed by atoms with E-state index in [0.717, 1.165) is 44.5 Å². The molecule has 2 fully saturated rings. The van der Waals surface area contributed by atoms with Gasteiger partial charge in [-0.3, -0.25) is 9.69 Å². The van der Waals surface area contributed by atoms with Crippen LogP contribution in [0.2, 0.25) is 0 Å². The molecule has 1 amide bonds. The van der Waals surface area contributed by atoms with Crippen LogP contribution < -0.4 is 4.90 Å². The molecule has 19 heavy (non-hydrogen) atoms. The van der Waals surface area contributed by atoms with Crippen LogP contribution in [0.15, 0.2) is 24.3 Å². The van der Waals surface area contributed by atoms with Crippen molar-refractivity contribution in [3.63, 3.8) is 0 Å². The highest BCUT2D eigenvalue weighted by Crippen LogP contribution is 2.40. The van der Waals surface area contributed by atoms with Gasteiger partial charge >= 0.3 is 0 Å². The zero-order valence-corrected chi connectivity index (χ0v) is 11.9. The fraction of sp³-hybridized carbons (Fsp3) is 0.562. The molecule has 0 aromatic heterocycles. The van der Waals surface area contributed by atoms with Crippen LogP contribution in [0.1, 0.15) is 31.2 Å². The molecular formula is C16H22N2O. The van der Waals surface area contributed by atoms with Gasteiger partial charge in [-0.05, 0) is 63.4 Å². The van der Waals surface area contributed by atoms with E-state index in [-0.39, 0.29) is 11.4 Å². The van der Waals surface area contributed by atoms with Crippen molar-refractivity contribution in [1.29, 1.82) is 0 Å². The molecule has 0 spiro atoms. The van der Waals surface area contributed by atoms with Crippen LogP contribution in [0.4, 0.5) is 5.69 Å². The number of hydrogen-bond acceptors (Lipinski definition) is 2. The number of benzene rings is 1. The summed E-state index contributed by atoms with van der Waals surface area (Å²) in [6.45, 7) is 4.25. The van der Waals surface area contributed by atoms with Crippen LogP contribution in [0.5, 0.6) is 0 Å². The molecule has 0 N–H and O–H groups in total. The lowest BCUT2D eigenvalue weighted by Gasteiger charge is -2.34. The number of likely N-dealkylation sites (N-methyl/N-ethyl adjacent to an activating group) is 1. The van der Waals surface area contributed by atoms with Crippen molar-refractivity contribution in [3.8, 4) is 0 Å². The lowest BCUT2D eigenvalue weighted by atomic mass is 9.92. The molecule has 2 saturated heterocycles. The first-order chi connectivity index (χ1) is 9.13. The molecule has 1 aromatic carbocycles. The average molecular weight is 258 g/mol. The number of anilines is 1. The van der Waals surface area contributed by atoms with Crippen molar-refractivity contribution in [2.45, 2.75) is 38.1 Å². The summed E-state index contributed by atoms with van der Waals surface area (Å²) in [6.07, 6.45) is 4.38. The van der Waals surface area contributed by atoms with E-state index in [4.69, 9.17) is 0 Å². The summed E-state index contributed by atoms with van der Waals surface area (Å²) in [6, 6.07) is 8.20. The number of aryl methyl sites for hydroxylation is 1. The molecule has 2 aliphatic heterocycles. The number of amides is 1. The zero-order chi connectivity index (χ0) is 13.5. The Labute approximate surface area is 115 Å². The van der Waals surface area contributed by atoms with Crippen molar-refractivity contribution in [1.82, 2.24) is 4.90 Å². The Bertz CT molecular complexity index is 487. The molecule has 2 heterocycles. The summed E-state index contributed by atoms with van der Waals surface area (Å²) in [7, 11) is 1.92. The van der Waals surface area contributed by atoms with Gasteiger partial charge in [0.2, 0.25) is 5.91 Å². The van der Waals surface area contributed by atoms with Gasteiger partial charge in [0.25, 0.3) is 0 Å². The first kappa shape index (κ1) is 12.7. The molecule has 102 valence electrons. The van der Waals surface area contributed by atoms with Crippen molar-refractivity contribution < 1.29 is 4.79 Å². The lowest BCUT2D eigenvalue weighted by molar-refractivity contribution is -0.127. The smallest absolute Gasteiger partial charge is 0.247 e. The summed E-state index contributed by atoms with van der Waals surface area (Å²) < 4.78 is 0. The fourth-order valence-corrected chi connectivity index (χ4v) is 3.72. The third-order valence-electron chi connectivity index (χ3n) is 4.73. The quantitative estimate of drug-likeness (QED) is 0.814. The van der Waals surface area contributed by atoms with E-state index in [1.807, 2.05) is 24.1 Å². The summed E-state index contributed by atoms with van der Waals surface area (Å²) in [4.78, 5) is 17.2. The maximum atomic E-state index is 12.9. The summed E-state index contributed by atoms with van der Waals surface area (Å²) in [5.74, 6) is 0.285. The van der Waals surface area contributed by atoms with E-state index in [2.05, 4.69) is 24.0 Å². The molecule has 0 aliphatic carbocycles. The molecular weight excluding hydrogens is 236 g/mol. The van der Waals surface area contributed by atoms with Gasteiger partial charge in [-0.2, -0.15) is 0 Å². The van der Waals surface area contributed by atoms with Crippen LogP contribution in [0.25, 0.3) is 0 Å². The zero-order valence-electron chi connectivity index (χ0n) is 11.9. The Balaban J connectivity index is 1.87. The maximum absolute atomic E-state index is 12.9. The third-order valence-corrected chi connectivity index (χ3v) is 4.73. The Morgan fingerprint density at radius 3 is 2.58 bits per heavy atom. The molecule has 3 rings (SSSR count). The number of carbonyl (C=O) groups excluding carboxylic acids is 1. The number of rotatable bonds is 2. The first-order valence-corrected chi connectivity index (χ1v) is 7.23. The molecule has 2 aliphatic rings. The topological polar surface area (TPSA) is 23.6 Å². The Morgan fingerprint density at radius 2 is 1.95 bits per heavy atom. The molecule has 0 unspecified atom stereocenters. The standard InChI is InChI=1S/C16H22N2O/c1-13-6-3-7-14(12-13)17(2)15(19)16-8-4-10-18(16)11-5-9-16/h3,6-7,12H,4-5,8-11H2,1-2H3. The highest BCUT2D eigenvalue weighted by molar-refractivity contribution is 6.00. The monoisotopic (exact) mass is 258 g/mol. The summed E-state index contributed by atoms with van der Waals surface area (Å²) in [5, 5.41) is 0. The van der Waals surface area contributed by atoms with Crippen LogP contribution in [0, 0.1) is 6.92 Å². The van der Waals surface area contributed by atoms with Gasteiger partial charge < -0.3 is 4.90 Å². The average Bonchev–Trinajstić information content (AvgIpc) is 2.97. The largest absolute Gasteiger partial charge is 0.314 e. The van der Waals surface area contributed by atoms with E-state index in [1.54, 1.807) is 0 Å². The van der Waals surface area contributed by atoms with Gasteiger partial charge in [0.1, 0.15) is 5.54 Å². The molecule has 0 saturated carbocycles. The molecule has 0 radical (unpaired) electrons. The second kappa shape index (κ2) is 4.64. The number of carbonyl (C=O) groups is 1. The molecule has 0 bridgehead atoms. The second-order valence-corrected chi connectivity index (χ2v) is 5.93. The maximum Gasteiger partial charge on any atom is 0.247 e. The number of fused-ring (bicyclic) bond motifs is 1. The van der Waals surface area contributed by atoms with Crippen LogP contribution >= 0.6 is 0 Å². The van der Waals surface area contributed by atoms with E-state index in [1.165, 1.54) is 5.56 Å². The molecule has 3 heteroatoms. The minimum Gasteiger partial charge on any atom is -0.314 e. The minimum atomic E-state index is -0.196. The van der Waals surface area contributed by atoms with E-state index in [0.29, 0.717) is 0 Å². The highest BCUT2D eigenvalue weighted by atomic mass is 16.2. The van der Waals surface area contributed by atoms with Crippen LogP contribution in [0.3, 0.4) is 0 Å². The van der Waals surface area contributed by atoms with Crippen molar-refractivity contribution in [2.24, 2.45) is 0 Å². The van der Waals surface area contributed by atoms with Crippen LogP contribution in [-0.2, 0) is 4.79 Å². The van der Waals surface area contributed by atoms with Gasteiger partial charge in [-0.25, -0.2) is 0 Å². The summed E-state index contributed by atoms with van der Waals surface area (Å²) in [5.41, 5.74) is 2.01. The molecule has 3 nitrogen and oxygen atoms in total. The van der Waals surface area contributed by atoms with Crippen LogP contribution in [-0.4, -0.2) is 36.5 Å². The fourth-order valence-electron chi connectivity index (χ4n) is 3.72. The second-order valence-electron chi connectivity index (χ2n) is 5.93. The van der Waals surface area contributed by atoms with Gasteiger partial charge in [0, 0.05) is 12.7 Å². The summed E-state index contributed by atoms with van der Waals surface area (Å²) >= 11 is 0. The highest BCUT2D eigenvalue weighted by Gasteiger charge is 2.51. The van der Waals surface area contributed by atoms with Crippen molar-refractivity contribution in [2.75, 3.05) is 25.0 Å². The predicted molar refractivity (Wildman–Crippen MR) is 77.4 cm³/mol. The Kier molecular flexibility index (Phi) is 3.09. The number of hydrogen-bond donors (Lipinski definition) is 0. The SMILES string of the molecule is Cc1cccc(N(C)C(=O)C23CCCN2CCC3)c1. The van der Waals surface area contributed by atoms with Gasteiger partial charge in [-0.1, -0.05) is 12.1 Å². The predicted octanol–water partition coefficient (Wildman–Crippen LogP) is 2.59. The van der Waals surface area contributed by atoms with Crippen molar-refractivity contribution >= 4 is 11.6 Å². The van der Waals surface area contributed by atoms with Crippen molar-refractivity contribution in [3.05, 3.63) is 29.8 Å². The number of nitrogens with zero attached hydrogens (tertiary/aromatic N) is 2. The van der Waals surface area contributed by atoms with Gasteiger partial charge in [-0.15, -0.1) is 0 Å². The van der Waals surface area contributed by atoms with E-state index < -0.39 is 0 Å². The minimum absolute atomic E-state index is 0.196. The molecule has 0 atom stereocenters. The van der Waals surface area contributed by atoms with Gasteiger partial charge in [0.15, 0.2) is 0 Å². The Morgan fingerprint density at radius 1 is 1.26 bits per heavy atom.